The molecule has 5 atom stereocenters. The Bertz CT molecular complexity index is 1330. The van der Waals surface area contributed by atoms with Crippen molar-refractivity contribution in [3.8, 4) is 6.07 Å². The zero-order valence-electron chi connectivity index (χ0n) is 28.8. The maximum Gasteiger partial charge on any atom is 0.323 e. The molecule has 14 heteroatoms. The van der Waals surface area contributed by atoms with Crippen LogP contribution in [-0.2, 0) is 38.9 Å². The molecule has 266 valence electrons. The molecule has 0 radical (unpaired) electrons. The van der Waals surface area contributed by atoms with Crippen molar-refractivity contribution in [1.29, 1.82) is 10.7 Å². The van der Waals surface area contributed by atoms with E-state index in [4.69, 9.17) is 30.1 Å². The van der Waals surface area contributed by atoms with Gasteiger partial charge in [0.1, 0.15) is 42.9 Å². The first-order chi connectivity index (χ1) is 22.8. The second-order valence-corrected chi connectivity index (χ2v) is 13.4. The lowest BCUT2D eigenvalue weighted by Crippen LogP contribution is -2.47. The third-order valence-corrected chi connectivity index (χ3v) is 8.95. The van der Waals surface area contributed by atoms with Crippen molar-refractivity contribution < 1.29 is 38.4 Å². The van der Waals surface area contributed by atoms with Crippen molar-refractivity contribution in [2.24, 2.45) is 22.6 Å². The quantitative estimate of drug-likeness (QED) is 0.0601. The normalized spacial score (nSPS) is 24.4. The lowest BCUT2D eigenvalue weighted by molar-refractivity contribution is -0.162. The summed E-state index contributed by atoms with van der Waals surface area (Å²) in [4.78, 5) is 45.8. The fourth-order valence-electron chi connectivity index (χ4n) is 5.76. The molecule has 1 aromatic rings. The molecule has 6 N–H and O–H groups in total. The number of nitrogens with one attached hydrogen (secondary N) is 3. The van der Waals surface area contributed by atoms with Crippen molar-refractivity contribution in [3.05, 3.63) is 23.5 Å². The van der Waals surface area contributed by atoms with Crippen LogP contribution in [-0.4, -0.2) is 83.3 Å². The molecular formula is C34H52N6O8. The number of aromatic amines is 1. The number of carbonyl (C=O) groups is 3. The molecule has 1 saturated heterocycles. The highest BCUT2D eigenvalue weighted by molar-refractivity contribution is 6.10. The highest BCUT2D eigenvalue weighted by Gasteiger charge is 2.59. The number of amidine groups is 1. The van der Waals surface area contributed by atoms with Crippen LogP contribution in [0, 0.1) is 28.6 Å². The summed E-state index contributed by atoms with van der Waals surface area (Å²) >= 11 is 0. The molecule has 0 unspecified atom stereocenters. The summed E-state index contributed by atoms with van der Waals surface area (Å²) in [5.74, 6) is -1.85. The molecule has 1 aliphatic carbocycles. The van der Waals surface area contributed by atoms with Crippen LogP contribution in [0.25, 0.3) is 0 Å². The predicted octanol–water partition coefficient (Wildman–Crippen LogP) is 3.36. The van der Waals surface area contributed by atoms with Crippen LogP contribution in [0.1, 0.15) is 104 Å². The number of hydrogen-bond acceptors (Lipinski definition) is 11. The number of unbranched alkanes of at least 4 members (excludes halogenated alkanes) is 1. The zero-order chi connectivity index (χ0) is 35.5. The van der Waals surface area contributed by atoms with E-state index in [2.05, 4.69) is 15.3 Å². The van der Waals surface area contributed by atoms with Crippen LogP contribution in [0.4, 0.5) is 0 Å². The number of nitrogens with two attached hydrogens (primary N) is 1. The maximum atomic E-state index is 13.1. The van der Waals surface area contributed by atoms with E-state index >= 15 is 0 Å². The molecule has 48 heavy (non-hydrogen) atoms. The molecule has 1 amide bonds. The molecule has 0 spiro atoms. The average Bonchev–Trinajstić information content (AvgIpc) is 3.54. The number of H-pyrrole nitrogens is 1. The van der Waals surface area contributed by atoms with Crippen LogP contribution < -0.4 is 11.1 Å². The third kappa shape index (κ3) is 9.72. The third-order valence-electron chi connectivity index (χ3n) is 8.95. The van der Waals surface area contributed by atoms with Crippen LogP contribution in [0.2, 0.25) is 0 Å². The first kappa shape index (κ1) is 38.8. The van der Waals surface area contributed by atoms with E-state index in [0.29, 0.717) is 6.61 Å². The van der Waals surface area contributed by atoms with Crippen molar-refractivity contribution in [2.75, 3.05) is 13.2 Å². The van der Waals surface area contributed by atoms with Crippen molar-refractivity contribution in [3.63, 3.8) is 0 Å². The van der Waals surface area contributed by atoms with Gasteiger partial charge in [-0.25, -0.2) is 4.99 Å². The van der Waals surface area contributed by atoms with Crippen molar-refractivity contribution in [1.82, 2.24) is 10.3 Å². The van der Waals surface area contributed by atoms with E-state index in [-0.39, 0.29) is 42.1 Å². The molecule has 1 aliphatic heterocycles. The molecule has 2 heterocycles. The maximum absolute atomic E-state index is 13.1. The van der Waals surface area contributed by atoms with Gasteiger partial charge < -0.3 is 40.1 Å². The second kappa shape index (κ2) is 17.7. The molecular weight excluding hydrogens is 620 g/mol. The zero-order valence-corrected chi connectivity index (χ0v) is 28.8. The summed E-state index contributed by atoms with van der Waals surface area (Å²) in [5, 5.41) is 32.2. The van der Waals surface area contributed by atoms with E-state index < -0.39 is 53.4 Å². The lowest BCUT2D eigenvalue weighted by atomic mass is 9.92. The van der Waals surface area contributed by atoms with Crippen LogP contribution in [0.15, 0.2) is 17.1 Å². The number of aliphatic hydroxyl groups excluding tert-OH is 1. The summed E-state index contributed by atoms with van der Waals surface area (Å²) < 4.78 is 23.1. The predicted molar refractivity (Wildman–Crippen MR) is 177 cm³/mol. The van der Waals surface area contributed by atoms with Gasteiger partial charge in [0, 0.05) is 13.0 Å². The number of rotatable bonds is 15. The molecule has 2 aliphatic rings. The highest BCUT2D eigenvalue weighted by Crippen LogP contribution is 2.41. The number of carbonyl (C=O) groups excluding carboxylic acids is 3. The van der Waals surface area contributed by atoms with Crippen molar-refractivity contribution >= 4 is 30.0 Å². The van der Waals surface area contributed by atoms with Gasteiger partial charge in [0.05, 0.1) is 11.4 Å². The van der Waals surface area contributed by atoms with E-state index in [1.165, 1.54) is 12.1 Å². The molecule has 0 aromatic carbocycles. The van der Waals surface area contributed by atoms with E-state index in [1.54, 1.807) is 27.7 Å². The van der Waals surface area contributed by atoms with Gasteiger partial charge in [0.2, 0.25) is 5.60 Å². The summed E-state index contributed by atoms with van der Waals surface area (Å²) in [6.07, 6.45) is 4.62. The van der Waals surface area contributed by atoms with Gasteiger partial charge in [-0.1, -0.05) is 52.9 Å². The number of nitriles is 1. The average molecular weight is 673 g/mol. The van der Waals surface area contributed by atoms with Gasteiger partial charge >= 0.3 is 11.9 Å². The topological polar surface area (TPSA) is 222 Å². The van der Waals surface area contributed by atoms with Crippen LogP contribution >= 0.6 is 0 Å². The fourth-order valence-corrected chi connectivity index (χ4v) is 5.76. The van der Waals surface area contributed by atoms with Gasteiger partial charge in [-0.15, -0.1) is 0 Å². The number of ether oxygens (including phenoxy) is 4. The summed E-state index contributed by atoms with van der Waals surface area (Å²) in [5.41, 5.74) is 2.96. The smallest absolute Gasteiger partial charge is 0.323 e. The Morgan fingerprint density at radius 1 is 1.27 bits per heavy atom. The van der Waals surface area contributed by atoms with E-state index in [0.717, 1.165) is 57.7 Å². The Kier molecular flexibility index (Phi) is 14.3. The highest BCUT2D eigenvalue weighted by atomic mass is 16.6. The minimum atomic E-state index is -2.11. The summed E-state index contributed by atoms with van der Waals surface area (Å²) in [6.45, 7) is 8.72. The number of aliphatic hydroxyl groups is 1. The van der Waals surface area contributed by atoms with E-state index in [9.17, 15) is 24.8 Å². The van der Waals surface area contributed by atoms with Gasteiger partial charge in [0.15, 0.2) is 11.9 Å². The summed E-state index contributed by atoms with van der Waals surface area (Å²) in [7, 11) is 0. The van der Waals surface area contributed by atoms with Gasteiger partial charge in [-0.3, -0.25) is 19.8 Å². The largest absolute Gasteiger partial charge is 0.463 e. The van der Waals surface area contributed by atoms with Crippen molar-refractivity contribution in [2.45, 2.75) is 128 Å². The Labute approximate surface area is 282 Å². The van der Waals surface area contributed by atoms with Crippen LogP contribution in [0.5, 0.6) is 0 Å². The number of amides is 1. The molecule has 1 saturated carbocycles. The summed E-state index contributed by atoms with van der Waals surface area (Å²) in [6, 6.07) is 3.95. The van der Waals surface area contributed by atoms with Gasteiger partial charge in [0.25, 0.3) is 5.91 Å². The van der Waals surface area contributed by atoms with E-state index in [1.807, 2.05) is 13.0 Å². The number of aliphatic imine (C=N–C) groups is 1. The number of esters is 2. The number of hydrogen-bond donors (Lipinski definition) is 5. The SMILES string of the molecule is CCCCOC(C)(C)C(=O)NC(=NC=N)c1ccc([C@]2(C#N)O[C@H](COC(=O)CC3CCCCCC3)[C@@H](OC(=O)[C@@H](N)C(C)C)[C@H]2O)[nH]1. The minimum Gasteiger partial charge on any atom is -0.463 e. The Balaban J connectivity index is 1.86. The Morgan fingerprint density at radius 3 is 2.56 bits per heavy atom. The molecule has 0 bridgehead atoms. The molecule has 2 fully saturated rings. The Hall–Kier alpha value is -3.64. The number of nitrogens with zero attached hydrogens (tertiary/aromatic N) is 2. The monoisotopic (exact) mass is 672 g/mol. The van der Waals surface area contributed by atoms with Crippen LogP contribution in [0.3, 0.4) is 0 Å². The minimum absolute atomic E-state index is 0.0381. The Morgan fingerprint density at radius 2 is 1.96 bits per heavy atom. The van der Waals surface area contributed by atoms with Gasteiger partial charge in [-0.05, 0) is 57.1 Å². The molecule has 1 aromatic heterocycles. The molecule has 3 rings (SSSR count). The first-order valence-electron chi connectivity index (χ1n) is 16.9. The number of aromatic nitrogens is 1. The molecule has 14 nitrogen and oxygen atoms in total. The lowest BCUT2D eigenvalue weighted by Gasteiger charge is -2.25. The standard InChI is InChI=1S/C34H52N6O8/c1-6-7-16-46-33(4,5)32(44)40-30(38-20-36)23-14-15-25(39-23)34(19-35)29(42)28(47-31(43)27(37)21(2)3)24(48-34)18-45-26(41)17-22-12-10-8-9-11-13-22/h14-15,20-22,24,27-29,39,42H,6-13,16-18,37H2,1-5H3,(H2,36,38,40,44)/t24-,27+,28-,29-,34+/m1/s1. The second-order valence-electron chi connectivity index (χ2n) is 13.4. The first-order valence-corrected chi connectivity index (χ1v) is 16.9. The van der Waals surface area contributed by atoms with Gasteiger partial charge in [-0.2, -0.15) is 5.26 Å². The fraction of sp³-hybridized carbons (Fsp3) is 0.706.